The van der Waals surface area contributed by atoms with Crippen LogP contribution in [0, 0.1) is 0 Å². The maximum Gasteiger partial charge on any atom is 0.0502 e. The summed E-state index contributed by atoms with van der Waals surface area (Å²) in [5, 5.41) is 7.80. The zero-order valence-electron chi connectivity index (χ0n) is 29.3. The van der Waals surface area contributed by atoms with Crippen LogP contribution in [-0.4, -0.2) is 0 Å². The molecule has 52 heavy (non-hydrogen) atoms. The lowest BCUT2D eigenvalue weighted by atomic mass is 9.73. The lowest BCUT2D eigenvalue weighted by molar-refractivity contribution is 0.632. The van der Waals surface area contributed by atoms with Crippen molar-refractivity contribution in [1.29, 1.82) is 0 Å². The van der Waals surface area contributed by atoms with Crippen molar-refractivity contribution in [3.63, 3.8) is 0 Å². The molecule has 0 amide bonds. The minimum Gasteiger partial charge on any atom is -0.310 e. The highest BCUT2D eigenvalue weighted by Crippen LogP contribution is 2.51. The highest BCUT2D eigenvalue weighted by atomic mass is 15.2. The van der Waals surface area contributed by atoms with Crippen LogP contribution in [0.25, 0.3) is 65.7 Å². The number of rotatable bonds is 4. The minimum absolute atomic E-state index is 0.0705. The van der Waals surface area contributed by atoms with E-state index in [1.807, 2.05) is 0 Å². The average molecular weight is 664 g/mol. The van der Waals surface area contributed by atoms with Gasteiger partial charge in [-0.2, -0.15) is 0 Å². The molecule has 9 aromatic rings. The van der Waals surface area contributed by atoms with E-state index in [2.05, 4.69) is 207 Å². The lowest BCUT2D eigenvalue weighted by Crippen LogP contribution is -2.30. The quantitative estimate of drug-likeness (QED) is 0.169. The second-order valence-corrected chi connectivity index (χ2v) is 14.6. The number of hydrogen-bond donors (Lipinski definition) is 0. The normalized spacial score (nSPS) is 13.3. The smallest absolute Gasteiger partial charge is 0.0502 e. The van der Waals surface area contributed by atoms with Crippen molar-refractivity contribution in [2.24, 2.45) is 0 Å². The Hall–Kier alpha value is -6.44. The second-order valence-electron chi connectivity index (χ2n) is 14.6. The maximum atomic E-state index is 2.42. The predicted molar refractivity (Wildman–Crippen MR) is 222 cm³/mol. The standard InChI is InChI=1S/C51H37N/c1-51(2)47-21-7-9-23-49(47)52(50-24-10-8-22-48(50)51)40-28-25-34(26-29-40)35-13-11-14-36(31-35)37-15-12-16-38(32-37)39-27-30-45-43-19-4-3-17-41(43)42-18-5-6-20-44(42)46(45)33-39/h3-33H,1-2H3. The molecule has 0 spiro atoms. The Morgan fingerprint density at radius 3 is 1.21 bits per heavy atom. The molecule has 0 saturated heterocycles. The van der Waals surface area contributed by atoms with Crippen molar-refractivity contribution in [3.05, 3.63) is 199 Å². The summed E-state index contributed by atoms with van der Waals surface area (Å²) in [4.78, 5) is 2.42. The van der Waals surface area contributed by atoms with Crippen LogP contribution < -0.4 is 4.90 Å². The Balaban J connectivity index is 0.999. The van der Waals surface area contributed by atoms with E-state index in [4.69, 9.17) is 0 Å². The zero-order valence-corrected chi connectivity index (χ0v) is 29.3. The third kappa shape index (κ3) is 4.77. The van der Waals surface area contributed by atoms with E-state index in [0.717, 1.165) is 0 Å². The fourth-order valence-electron chi connectivity index (χ4n) is 8.59. The molecular formula is C51H37N. The molecule has 1 aliphatic heterocycles. The first-order valence-electron chi connectivity index (χ1n) is 18.2. The van der Waals surface area contributed by atoms with Gasteiger partial charge < -0.3 is 4.90 Å². The molecular weight excluding hydrogens is 627 g/mol. The van der Waals surface area contributed by atoms with Gasteiger partial charge >= 0.3 is 0 Å². The molecule has 9 aromatic carbocycles. The van der Waals surface area contributed by atoms with Crippen LogP contribution in [0.1, 0.15) is 25.0 Å². The van der Waals surface area contributed by atoms with E-state index < -0.39 is 0 Å². The number of hydrogen-bond acceptors (Lipinski definition) is 1. The Morgan fingerprint density at radius 2 is 0.692 bits per heavy atom. The van der Waals surface area contributed by atoms with Gasteiger partial charge in [-0.15, -0.1) is 0 Å². The number of para-hydroxylation sites is 2. The number of nitrogens with zero attached hydrogens (tertiary/aromatic N) is 1. The van der Waals surface area contributed by atoms with Crippen molar-refractivity contribution >= 4 is 49.4 Å². The van der Waals surface area contributed by atoms with Gasteiger partial charge in [-0.1, -0.05) is 159 Å². The Labute approximate surface area is 305 Å². The van der Waals surface area contributed by atoms with Crippen molar-refractivity contribution in [2.75, 3.05) is 4.90 Å². The van der Waals surface area contributed by atoms with E-state index in [-0.39, 0.29) is 5.41 Å². The Kier molecular flexibility index (Phi) is 6.91. The third-order valence-corrected chi connectivity index (χ3v) is 11.2. The van der Waals surface area contributed by atoms with Crippen LogP contribution in [0.4, 0.5) is 17.1 Å². The molecule has 1 aliphatic rings. The molecule has 246 valence electrons. The van der Waals surface area contributed by atoms with Gasteiger partial charge in [0, 0.05) is 11.1 Å². The zero-order chi connectivity index (χ0) is 34.8. The van der Waals surface area contributed by atoms with E-state index in [1.54, 1.807) is 0 Å². The Morgan fingerprint density at radius 1 is 0.308 bits per heavy atom. The average Bonchev–Trinajstić information content (AvgIpc) is 3.21. The van der Waals surface area contributed by atoms with Crippen molar-refractivity contribution in [1.82, 2.24) is 0 Å². The summed E-state index contributed by atoms with van der Waals surface area (Å²) in [6.07, 6.45) is 0. The largest absolute Gasteiger partial charge is 0.310 e. The molecule has 0 N–H and O–H groups in total. The second kappa shape index (κ2) is 11.8. The van der Waals surface area contributed by atoms with Crippen LogP contribution in [0.2, 0.25) is 0 Å². The van der Waals surface area contributed by atoms with Crippen LogP contribution in [0.15, 0.2) is 188 Å². The first kappa shape index (κ1) is 30.4. The monoisotopic (exact) mass is 663 g/mol. The van der Waals surface area contributed by atoms with Gasteiger partial charge in [-0.05, 0) is 119 Å². The third-order valence-electron chi connectivity index (χ3n) is 11.2. The topological polar surface area (TPSA) is 3.24 Å². The first-order valence-corrected chi connectivity index (χ1v) is 18.2. The first-order chi connectivity index (χ1) is 25.5. The lowest BCUT2D eigenvalue weighted by Gasteiger charge is -2.42. The molecule has 0 saturated carbocycles. The van der Waals surface area contributed by atoms with Crippen molar-refractivity contribution in [3.8, 4) is 33.4 Å². The number of anilines is 3. The predicted octanol–water partition coefficient (Wildman–Crippen LogP) is 14.3. The molecule has 1 heterocycles. The molecule has 1 nitrogen and oxygen atoms in total. The SMILES string of the molecule is CC1(C)c2ccccc2N(c2ccc(-c3cccc(-c4cccc(-c5ccc6c7ccccc7c7ccccc7c6c5)c4)c3)cc2)c2ccccc21. The summed E-state index contributed by atoms with van der Waals surface area (Å²) in [5.74, 6) is 0. The van der Waals surface area contributed by atoms with Crippen LogP contribution in [0.5, 0.6) is 0 Å². The summed E-state index contributed by atoms with van der Waals surface area (Å²) < 4.78 is 0. The molecule has 0 bridgehead atoms. The fraction of sp³-hybridized carbons (Fsp3) is 0.0588. The van der Waals surface area contributed by atoms with Gasteiger partial charge in [-0.3, -0.25) is 0 Å². The van der Waals surface area contributed by atoms with Crippen molar-refractivity contribution in [2.45, 2.75) is 19.3 Å². The molecule has 0 atom stereocenters. The Bertz CT molecular complexity index is 2740. The van der Waals surface area contributed by atoms with E-state index >= 15 is 0 Å². The molecule has 10 rings (SSSR count). The summed E-state index contributed by atoms with van der Waals surface area (Å²) in [6, 6.07) is 69.2. The van der Waals surface area contributed by atoms with E-state index in [0.29, 0.717) is 0 Å². The van der Waals surface area contributed by atoms with Crippen molar-refractivity contribution < 1.29 is 0 Å². The molecule has 0 aromatic heterocycles. The molecule has 0 unspecified atom stereocenters. The number of fused-ring (bicyclic) bond motifs is 8. The van der Waals surface area contributed by atoms with Crippen LogP contribution in [-0.2, 0) is 5.41 Å². The van der Waals surface area contributed by atoms with Gasteiger partial charge in [0.25, 0.3) is 0 Å². The van der Waals surface area contributed by atoms with Gasteiger partial charge in [0.15, 0.2) is 0 Å². The summed E-state index contributed by atoms with van der Waals surface area (Å²) in [6.45, 7) is 4.66. The highest BCUT2D eigenvalue weighted by molar-refractivity contribution is 6.25. The van der Waals surface area contributed by atoms with E-state index in [1.165, 1.54) is 93.9 Å². The highest BCUT2D eigenvalue weighted by Gasteiger charge is 2.36. The van der Waals surface area contributed by atoms with E-state index in [9.17, 15) is 0 Å². The van der Waals surface area contributed by atoms with Crippen LogP contribution in [0.3, 0.4) is 0 Å². The summed E-state index contributed by atoms with van der Waals surface area (Å²) in [5.41, 5.74) is 13.6. The fourth-order valence-corrected chi connectivity index (χ4v) is 8.59. The molecule has 0 radical (unpaired) electrons. The molecule has 0 fully saturated rings. The number of benzene rings is 9. The summed E-state index contributed by atoms with van der Waals surface area (Å²) >= 11 is 0. The maximum absolute atomic E-state index is 2.42. The molecule has 1 heteroatoms. The van der Waals surface area contributed by atoms with Gasteiger partial charge in [0.05, 0.1) is 11.4 Å². The van der Waals surface area contributed by atoms with Crippen LogP contribution >= 0.6 is 0 Å². The molecule has 0 aliphatic carbocycles. The van der Waals surface area contributed by atoms with Gasteiger partial charge in [-0.25, -0.2) is 0 Å². The van der Waals surface area contributed by atoms with Gasteiger partial charge in [0.1, 0.15) is 0 Å². The van der Waals surface area contributed by atoms with Gasteiger partial charge in [0.2, 0.25) is 0 Å². The minimum atomic E-state index is -0.0705. The summed E-state index contributed by atoms with van der Waals surface area (Å²) in [7, 11) is 0.